The molecular formula is C10H14N2O. The molecule has 1 aromatic heterocycles. The summed E-state index contributed by atoms with van der Waals surface area (Å²) in [6.07, 6.45) is -0.164. The minimum Gasteiger partial charge on any atom is -0.389 e. The molecule has 1 fully saturated rings. The molecule has 0 unspecified atom stereocenters. The summed E-state index contributed by atoms with van der Waals surface area (Å²) in [4.78, 5) is 6.52. The molecule has 1 aromatic rings. The summed E-state index contributed by atoms with van der Waals surface area (Å²) < 4.78 is 0. The van der Waals surface area contributed by atoms with Crippen molar-refractivity contribution in [2.75, 3.05) is 18.0 Å². The Morgan fingerprint density at radius 1 is 1.38 bits per heavy atom. The molecule has 0 bridgehead atoms. The minimum absolute atomic E-state index is 0.164. The van der Waals surface area contributed by atoms with Gasteiger partial charge in [0, 0.05) is 18.8 Å². The van der Waals surface area contributed by atoms with Crippen molar-refractivity contribution < 1.29 is 5.11 Å². The van der Waals surface area contributed by atoms with Gasteiger partial charge in [0.25, 0.3) is 0 Å². The highest BCUT2D eigenvalue weighted by Gasteiger charge is 2.25. The second-order valence-corrected chi connectivity index (χ2v) is 3.63. The van der Waals surface area contributed by atoms with Gasteiger partial charge in [-0.3, -0.25) is 0 Å². The zero-order valence-electron chi connectivity index (χ0n) is 7.99. The number of hydrogen-bond acceptors (Lipinski definition) is 3. The third kappa shape index (κ3) is 1.52. The molecule has 1 saturated heterocycles. The van der Waals surface area contributed by atoms with Crippen LogP contribution in [0.4, 0.5) is 5.82 Å². The molecule has 2 rings (SSSR count). The van der Waals surface area contributed by atoms with Crippen LogP contribution in [0.5, 0.6) is 0 Å². The number of anilines is 1. The predicted molar refractivity (Wildman–Crippen MR) is 51.9 cm³/mol. The van der Waals surface area contributed by atoms with Crippen LogP contribution in [0.3, 0.4) is 0 Å². The number of pyridine rings is 1. The van der Waals surface area contributed by atoms with Crippen molar-refractivity contribution >= 4 is 5.82 Å². The van der Waals surface area contributed by atoms with Gasteiger partial charge in [0.05, 0.1) is 6.10 Å². The Kier molecular flexibility index (Phi) is 1.96. The third-order valence-electron chi connectivity index (χ3n) is 2.52. The Balaban J connectivity index is 2.18. The van der Waals surface area contributed by atoms with E-state index in [1.54, 1.807) is 0 Å². The van der Waals surface area contributed by atoms with Crippen molar-refractivity contribution in [1.82, 2.24) is 4.98 Å². The van der Waals surface area contributed by atoms with Crippen molar-refractivity contribution in [1.29, 1.82) is 0 Å². The number of β-amino-alcohol motifs (C(OH)–C–C–N with tert-alkyl or cyclic N) is 1. The fraction of sp³-hybridized carbons (Fsp3) is 0.500. The minimum atomic E-state index is -0.164. The van der Waals surface area contributed by atoms with Crippen LogP contribution in [0.25, 0.3) is 0 Å². The summed E-state index contributed by atoms with van der Waals surface area (Å²) in [5.41, 5.74) is 2.28. The van der Waals surface area contributed by atoms with Crippen molar-refractivity contribution in [3.8, 4) is 0 Å². The monoisotopic (exact) mass is 178 g/mol. The zero-order valence-corrected chi connectivity index (χ0v) is 7.99. The van der Waals surface area contributed by atoms with Gasteiger partial charge in [0.1, 0.15) is 5.82 Å². The topological polar surface area (TPSA) is 36.4 Å². The molecule has 0 amide bonds. The molecule has 0 radical (unpaired) electrons. The van der Waals surface area contributed by atoms with E-state index < -0.39 is 0 Å². The normalized spacial score (nSPS) is 17.3. The molecule has 0 aromatic carbocycles. The molecule has 1 aliphatic rings. The molecular weight excluding hydrogens is 164 g/mol. The van der Waals surface area contributed by atoms with Crippen LogP contribution >= 0.6 is 0 Å². The van der Waals surface area contributed by atoms with Crippen molar-refractivity contribution in [3.63, 3.8) is 0 Å². The van der Waals surface area contributed by atoms with Gasteiger partial charge in [0.15, 0.2) is 0 Å². The van der Waals surface area contributed by atoms with Crippen LogP contribution in [0.2, 0.25) is 0 Å². The van der Waals surface area contributed by atoms with Crippen LogP contribution in [0.15, 0.2) is 12.1 Å². The molecule has 0 atom stereocenters. The first kappa shape index (κ1) is 8.51. The van der Waals surface area contributed by atoms with Gasteiger partial charge < -0.3 is 10.0 Å². The van der Waals surface area contributed by atoms with Crippen LogP contribution in [-0.2, 0) is 0 Å². The smallest absolute Gasteiger partial charge is 0.128 e. The van der Waals surface area contributed by atoms with Gasteiger partial charge >= 0.3 is 0 Å². The summed E-state index contributed by atoms with van der Waals surface area (Å²) in [5.74, 6) is 0.980. The zero-order chi connectivity index (χ0) is 9.42. The van der Waals surface area contributed by atoms with Gasteiger partial charge in [-0.15, -0.1) is 0 Å². The number of aromatic nitrogens is 1. The quantitative estimate of drug-likeness (QED) is 0.693. The maximum atomic E-state index is 9.13. The number of aliphatic hydroxyl groups is 1. The Bertz CT molecular complexity index is 319. The van der Waals surface area contributed by atoms with E-state index in [0.717, 1.165) is 24.6 Å². The van der Waals surface area contributed by atoms with Crippen molar-refractivity contribution in [2.45, 2.75) is 20.0 Å². The molecule has 0 spiro atoms. The van der Waals surface area contributed by atoms with E-state index in [4.69, 9.17) is 5.11 Å². The van der Waals surface area contributed by atoms with E-state index in [1.165, 1.54) is 5.56 Å². The predicted octanol–water partition coefficient (Wildman–Crippen LogP) is 0.879. The van der Waals surface area contributed by atoms with E-state index >= 15 is 0 Å². The number of hydrogen-bond donors (Lipinski definition) is 1. The molecule has 1 aliphatic heterocycles. The fourth-order valence-electron chi connectivity index (χ4n) is 1.44. The molecule has 0 aliphatic carbocycles. The highest BCUT2D eigenvalue weighted by Crippen LogP contribution is 2.19. The second-order valence-electron chi connectivity index (χ2n) is 3.63. The first-order chi connectivity index (χ1) is 6.16. The molecule has 1 N–H and O–H groups in total. The number of rotatable bonds is 1. The third-order valence-corrected chi connectivity index (χ3v) is 2.52. The lowest BCUT2D eigenvalue weighted by atomic mass is 10.1. The highest BCUT2D eigenvalue weighted by atomic mass is 16.3. The lowest BCUT2D eigenvalue weighted by molar-refractivity contribution is 0.141. The Hall–Kier alpha value is -1.09. The summed E-state index contributed by atoms with van der Waals surface area (Å²) >= 11 is 0. The van der Waals surface area contributed by atoms with Crippen LogP contribution in [-0.4, -0.2) is 29.3 Å². The molecule has 13 heavy (non-hydrogen) atoms. The van der Waals surface area contributed by atoms with E-state index in [-0.39, 0.29) is 6.10 Å². The Morgan fingerprint density at radius 2 is 2.08 bits per heavy atom. The van der Waals surface area contributed by atoms with Gasteiger partial charge in [-0.25, -0.2) is 4.98 Å². The summed E-state index contributed by atoms with van der Waals surface area (Å²) in [5, 5.41) is 9.13. The first-order valence-electron chi connectivity index (χ1n) is 4.54. The molecule has 70 valence electrons. The molecule has 3 nitrogen and oxygen atoms in total. The van der Waals surface area contributed by atoms with E-state index in [2.05, 4.69) is 22.9 Å². The van der Waals surface area contributed by atoms with Crippen molar-refractivity contribution in [2.24, 2.45) is 0 Å². The fourth-order valence-corrected chi connectivity index (χ4v) is 1.44. The number of nitrogens with zero attached hydrogens (tertiary/aromatic N) is 2. The van der Waals surface area contributed by atoms with Crippen molar-refractivity contribution in [3.05, 3.63) is 23.4 Å². The van der Waals surface area contributed by atoms with Gasteiger partial charge in [-0.2, -0.15) is 0 Å². The number of aliphatic hydroxyl groups excluding tert-OH is 1. The maximum absolute atomic E-state index is 9.13. The summed E-state index contributed by atoms with van der Waals surface area (Å²) in [6.45, 7) is 5.50. The van der Waals surface area contributed by atoms with Gasteiger partial charge in [0.2, 0.25) is 0 Å². The van der Waals surface area contributed by atoms with Crippen LogP contribution in [0.1, 0.15) is 11.3 Å². The maximum Gasteiger partial charge on any atom is 0.128 e. The summed E-state index contributed by atoms with van der Waals surface area (Å²) in [6, 6.07) is 4.08. The molecule has 0 saturated carbocycles. The largest absolute Gasteiger partial charge is 0.389 e. The Labute approximate surface area is 78.0 Å². The van der Waals surface area contributed by atoms with E-state index in [9.17, 15) is 0 Å². The van der Waals surface area contributed by atoms with Crippen LogP contribution < -0.4 is 4.90 Å². The second kappa shape index (κ2) is 3.00. The summed E-state index contributed by atoms with van der Waals surface area (Å²) in [7, 11) is 0. The van der Waals surface area contributed by atoms with Gasteiger partial charge in [-0.1, -0.05) is 6.07 Å². The molecule has 3 heteroatoms. The number of aryl methyl sites for hydroxylation is 2. The lowest BCUT2D eigenvalue weighted by Gasteiger charge is -2.37. The standard InChI is InChI=1S/C10H14N2O/c1-7-3-4-10(11-8(7)2)12-5-9(13)6-12/h3-4,9,13H,5-6H2,1-2H3. The van der Waals surface area contributed by atoms with Gasteiger partial charge in [-0.05, 0) is 25.5 Å². The molecule has 2 heterocycles. The SMILES string of the molecule is Cc1ccc(N2CC(O)C2)nc1C. The van der Waals surface area contributed by atoms with E-state index in [0.29, 0.717) is 0 Å². The highest BCUT2D eigenvalue weighted by molar-refractivity contribution is 5.44. The first-order valence-corrected chi connectivity index (χ1v) is 4.54. The average Bonchev–Trinajstić information content (AvgIpc) is 2.05. The lowest BCUT2D eigenvalue weighted by Crippen LogP contribution is -2.51. The van der Waals surface area contributed by atoms with E-state index in [1.807, 2.05) is 13.0 Å². The van der Waals surface area contributed by atoms with Crippen LogP contribution in [0, 0.1) is 13.8 Å². The Morgan fingerprint density at radius 3 is 2.62 bits per heavy atom. The average molecular weight is 178 g/mol.